The molecule has 0 aliphatic rings. The molecule has 0 unspecified atom stereocenters. The first-order valence-corrected chi connectivity index (χ1v) is 9.18. The van der Waals surface area contributed by atoms with Crippen LogP contribution < -0.4 is 4.74 Å². The molecule has 0 N–H and O–H groups in total. The monoisotopic (exact) mass is 437 g/mol. The number of allylic oxidation sites excluding steroid dienone is 1. The number of hydrogen-bond acceptors (Lipinski definition) is 3. The van der Waals surface area contributed by atoms with Gasteiger partial charge in [0.15, 0.2) is 0 Å². The Bertz CT molecular complexity index is 1050. The Morgan fingerprint density at radius 3 is 2.44 bits per heavy atom. The zero-order valence-corrected chi connectivity index (χ0v) is 16.4. The van der Waals surface area contributed by atoms with E-state index in [0.717, 1.165) is 11.1 Å². The van der Waals surface area contributed by atoms with Crippen molar-refractivity contribution < 1.29 is 9.53 Å². The zero-order chi connectivity index (χ0) is 19.2. The molecule has 0 bridgehead atoms. The molecule has 0 aromatic heterocycles. The van der Waals surface area contributed by atoms with E-state index in [1.165, 1.54) is 0 Å². The smallest absolute Gasteiger partial charge is 0.344 e. The first kappa shape index (κ1) is 18.9. The number of rotatable bonds is 4. The largest absolute Gasteiger partial charge is 0.423 e. The number of ether oxygens (including phenoxy) is 1. The molecule has 0 amide bonds. The molecule has 0 saturated heterocycles. The van der Waals surface area contributed by atoms with Gasteiger partial charge in [0.1, 0.15) is 5.75 Å². The van der Waals surface area contributed by atoms with Crippen LogP contribution >= 0.6 is 27.5 Å². The van der Waals surface area contributed by atoms with Crippen LogP contribution in [0, 0.1) is 11.3 Å². The fourth-order valence-electron chi connectivity index (χ4n) is 2.42. The molecule has 27 heavy (non-hydrogen) atoms. The highest BCUT2D eigenvalue weighted by Crippen LogP contribution is 2.23. The Morgan fingerprint density at radius 1 is 1.04 bits per heavy atom. The molecule has 5 heteroatoms. The molecular weight excluding hydrogens is 426 g/mol. The molecule has 0 heterocycles. The summed E-state index contributed by atoms with van der Waals surface area (Å²) in [6, 6.07) is 23.3. The van der Waals surface area contributed by atoms with Crippen molar-refractivity contribution in [2.45, 2.75) is 0 Å². The van der Waals surface area contributed by atoms with Crippen molar-refractivity contribution in [3.8, 4) is 11.8 Å². The van der Waals surface area contributed by atoms with Gasteiger partial charge in [-0.3, -0.25) is 0 Å². The number of carbonyl (C=O) groups excluding carboxylic acids is 1. The van der Waals surface area contributed by atoms with E-state index in [4.69, 9.17) is 16.3 Å². The number of hydrogen-bond donors (Lipinski definition) is 0. The number of nitriles is 1. The molecule has 0 atom stereocenters. The topological polar surface area (TPSA) is 50.1 Å². The van der Waals surface area contributed by atoms with E-state index < -0.39 is 5.97 Å². The number of carbonyl (C=O) groups is 1. The minimum atomic E-state index is -0.442. The van der Waals surface area contributed by atoms with Crippen LogP contribution in [0.2, 0.25) is 5.02 Å². The fourth-order valence-corrected chi connectivity index (χ4v) is 3.06. The lowest BCUT2D eigenvalue weighted by atomic mass is 10.0. The van der Waals surface area contributed by atoms with E-state index in [-0.39, 0.29) is 0 Å². The highest BCUT2D eigenvalue weighted by molar-refractivity contribution is 9.10. The molecule has 0 aliphatic carbocycles. The summed E-state index contributed by atoms with van der Waals surface area (Å²) >= 11 is 9.33. The van der Waals surface area contributed by atoms with Crippen LogP contribution in [0.4, 0.5) is 0 Å². The normalized spacial score (nSPS) is 10.9. The van der Waals surface area contributed by atoms with Crippen molar-refractivity contribution in [1.29, 1.82) is 5.26 Å². The third kappa shape index (κ3) is 4.85. The van der Waals surface area contributed by atoms with Gasteiger partial charge < -0.3 is 4.74 Å². The maximum absolute atomic E-state index is 12.2. The lowest BCUT2D eigenvalue weighted by Crippen LogP contribution is -2.09. The Kier molecular flexibility index (Phi) is 6.08. The van der Waals surface area contributed by atoms with E-state index >= 15 is 0 Å². The summed E-state index contributed by atoms with van der Waals surface area (Å²) in [5.74, 6) is -0.0171. The summed E-state index contributed by atoms with van der Waals surface area (Å²) in [7, 11) is 0. The molecular formula is C22H13BrClNO2. The van der Waals surface area contributed by atoms with Crippen molar-refractivity contribution in [2.24, 2.45) is 0 Å². The van der Waals surface area contributed by atoms with Gasteiger partial charge in [-0.1, -0.05) is 48.0 Å². The highest BCUT2D eigenvalue weighted by atomic mass is 79.9. The van der Waals surface area contributed by atoms with Crippen molar-refractivity contribution in [3.05, 3.63) is 99.0 Å². The number of halogens is 2. The zero-order valence-electron chi connectivity index (χ0n) is 14.0. The van der Waals surface area contributed by atoms with Gasteiger partial charge >= 0.3 is 5.97 Å². The molecule has 0 fully saturated rings. The van der Waals surface area contributed by atoms with E-state index in [9.17, 15) is 10.1 Å². The molecule has 3 aromatic rings. The predicted molar refractivity (Wildman–Crippen MR) is 110 cm³/mol. The second-order valence-corrected chi connectivity index (χ2v) is 6.91. The second kappa shape index (κ2) is 8.68. The Hall–Kier alpha value is -2.87. The van der Waals surface area contributed by atoms with E-state index in [2.05, 4.69) is 22.0 Å². The first-order valence-electron chi connectivity index (χ1n) is 8.01. The quantitative estimate of drug-likeness (QED) is 0.205. The maximum Gasteiger partial charge on any atom is 0.344 e. The third-order valence-corrected chi connectivity index (χ3v) is 4.68. The molecule has 0 aliphatic heterocycles. The van der Waals surface area contributed by atoms with Gasteiger partial charge in [-0.2, -0.15) is 5.26 Å². The van der Waals surface area contributed by atoms with Crippen molar-refractivity contribution in [3.63, 3.8) is 0 Å². The van der Waals surface area contributed by atoms with Gasteiger partial charge in [-0.15, -0.1) is 0 Å². The predicted octanol–water partition coefficient (Wildman–Crippen LogP) is 6.39. The number of benzene rings is 3. The van der Waals surface area contributed by atoms with Crippen molar-refractivity contribution in [1.82, 2.24) is 0 Å². The molecule has 0 spiro atoms. The highest BCUT2D eigenvalue weighted by Gasteiger charge is 2.11. The van der Waals surface area contributed by atoms with Crippen molar-refractivity contribution >= 4 is 45.1 Å². The average molecular weight is 439 g/mol. The van der Waals surface area contributed by atoms with Gasteiger partial charge in [0.05, 0.1) is 17.2 Å². The molecule has 3 rings (SSSR count). The van der Waals surface area contributed by atoms with Gasteiger partial charge in [0.2, 0.25) is 0 Å². The first-order chi connectivity index (χ1) is 13.1. The minimum absolute atomic E-state index is 0.425. The van der Waals surface area contributed by atoms with E-state index in [1.807, 2.05) is 12.1 Å². The number of esters is 1. The van der Waals surface area contributed by atoms with E-state index in [1.54, 1.807) is 66.7 Å². The molecule has 0 saturated carbocycles. The number of nitrogens with zero attached hydrogens (tertiary/aromatic N) is 1. The average Bonchev–Trinajstić information content (AvgIpc) is 2.67. The molecule has 3 nitrogen and oxygen atoms in total. The van der Waals surface area contributed by atoms with Crippen LogP contribution in [0.25, 0.3) is 11.6 Å². The van der Waals surface area contributed by atoms with Crippen LogP contribution in [-0.4, -0.2) is 5.97 Å². The molecule has 0 radical (unpaired) electrons. The van der Waals surface area contributed by atoms with Gasteiger partial charge in [0, 0.05) is 9.50 Å². The Balaban J connectivity index is 1.78. The Labute approximate surface area is 170 Å². The second-order valence-electron chi connectivity index (χ2n) is 5.62. The molecule has 3 aromatic carbocycles. The summed E-state index contributed by atoms with van der Waals surface area (Å²) in [6.45, 7) is 0. The van der Waals surface area contributed by atoms with Gasteiger partial charge in [0.25, 0.3) is 0 Å². The summed E-state index contributed by atoms with van der Waals surface area (Å²) in [6.07, 6.45) is 1.76. The lowest BCUT2D eigenvalue weighted by molar-refractivity contribution is 0.0734. The van der Waals surface area contributed by atoms with Crippen LogP contribution in [0.3, 0.4) is 0 Å². The van der Waals surface area contributed by atoms with Crippen LogP contribution in [0.1, 0.15) is 21.5 Å². The minimum Gasteiger partial charge on any atom is -0.423 e. The van der Waals surface area contributed by atoms with Crippen molar-refractivity contribution in [2.75, 3.05) is 0 Å². The Morgan fingerprint density at radius 2 is 1.78 bits per heavy atom. The summed E-state index contributed by atoms with van der Waals surface area (Å²) in [5, 5.41) is 9.99. The summed E-state index contributed by atoms with van der Waals surface area (Å²) in [5.41, 5.74) is 2.51. The third-order valence-electron chi connectivity index (χ3n) is 3.75. The van der Waals surface area contributed by atoms with Crippen LogP contribution in [0.5, 0.6) is 5.75 Å². The maximum atomic E-state index is 12.2. The standard InChI is InChI=1S/C22H13BrClNO2/c23-21-7-2-1-6-20(21)22(26)27-19-10-8-15(9-11-19)12-17(14-25)16-4-3-5-18(24)13-16/h1-13H/b17-12-. The molecule has 132 valence electrons. The summed E-state index contributed by atoms with van der Waals surface area (Å²) < 4.78 is 6.07. The van der Waals surface area contributed by atoms with Gasteiger partial charge in [-0.25, -0.2) is 4.79 Å². The summed E-state index contributed by atoms with van der Waals surface area (Å²) in [4.78, 5) is 12.2. The van der Waals surface area contributed by atoms with E-state index in [0.29, 0.717) is 26.4 Å². The lowest BCUT2D eigenvalue weighted by Gasteiger charge is -2.06. The van der Waals surface area contributed by atoms with Gasteiger partial charge in [-0.05, 0) is 69.5 Å². The SMILES string of the molecule is N#C/C(=C/c1ccc(OC(=O)c2ccccc2Br)cc1)c1cccc(Cl)c1. The fraction of sp³-hybridized carbons (Fsp3) is 0. The van der Waals surface area contributed by atoms with Crippen LogP contribution in [-0.2, 0) is 0 Å². The van der Waals surface area contributed by atoms with Crippen LogP contribution in [0.15, 0.2) is 77.3 Å².